The molecule has 25 heavy (non-hydrogen) atoms. The quantitative estimate of drug-likeness (QED) is 0.718. The number of benzene rings is 2. The standard InChI is InChI=1S/C18H22N2O5/c1-4-24-13-5-7-14(8-6-13)25-12-19-18(21)20-16-11-15(22-2)9-10-17(16)23-3/h5-11H,4,12H2,1-3H3,(H2,19,20,21). The van der Waals surface area contributed by atoms with Crippen molar-refractivity contribution in [3.63, 3.8) is 0 Å². The van der Waals surface area contributed by atoms with E-state index < -0.39 is 6.03 Å². The number of carbonyl (C=O) groups is 1. The summed E-state index contributed by atoms with van der Waals surface area (Å²) in [5.41, 5.74) is 0.500. The van der Waals surface area contributed by atoms with E-state index in [4.69, 9.17) is 18.9 Å². The van der Waals surface area contributed by atoms with Crippen LogP contribution in [0.15, 0.2) is 42.5 Å². The van der Waals surface area contributed by atoms with Crippen molar-refractivity contribution in [2.24, 2.45) is 0 Å². The number of carbonyl (C=O) groups excluding carboxylic acids is 1. The summed E-state index contributed by atoms with van der Waals surface area (Å²) in [7, 11) is 3.08. The number of anilines is 1. The number of urea groups is 1. The van der Waals surface area contributed by atoms with E-state index in [0.29, 0.717) is 29.5 Å². The third kappa shape index (κ3) is 5.49. The second-order valence-electron chi connectivity index (χ2n) is 4.89. The minimum atomic E-state index is -0.419. The first-order valence-electron chi connectivity index (χ1n) is 7.78. The van der Waals surface area contributed by atoms with Crippen molar-refractivity contribution >= 4 is 11.7 Å². The predicted octanol–water partition coefficient (Wildman–Crippen LogP) is 3.26. The third-order valence-corrected chi connectivity index (χ3v) is 3.26. The molecule has 0 aliphatic carbocycles. The van der Waals surface area contributed by atoms with Gasteiger partial charge >= 0.3 is 6.03 Å². The number of nitrogens with one attached hydrogen (secondary N) is 2. The molecule has 0 aliphatic heterocycles. The highest BCUT2D eigenvalue weighted by Crippen LogP contribution is 2.28. The van der Waals surface area contributed by atoms with Crippen molar-refractivity contribution in [1.29, 1.82) is 0 Å². The summed E-state index contributed by atoms with van der Waals surface area (Å²) in [4.78, 5) is 12.0. The maximum atomic E-state index is 12.0. The molecule has 134 valence electrons. The van der Waals surface area contributed by atoms with Crippen molar-refractivity contribution in [3.8, 4) is 23.0 Å². The van der Waals surface area contributed by atoms with Gasteiger partial charge in [-0.1, -0.05) is 0 Å². The van der Waals surface area contributed by atoms with Gasteiger partial charge in [-0.3, -0.25) is 0 Å². The molecule has 0 aliphatic rings. The van der Waals surface area contributed by atoms with Crippen molar-refractivity contribution in [1.82, 2.24) is 5.32 Å². The number of methoxy groups -OCH3 is 2. The van der Waals surface area contributed by atoms with Crippen molar-refractivity contribution < 1.29 is 23.7 Å². The average Bonchev–Trinajstić information content (AvgIpc) is 2.63. The number of hydrogen-bond acceptors (Lipinski definition) is 5. The smallest absolute Gasteiger partial charge is 0.321 e. The highest BCUT2D eigenvalue weighted by atomic mass is 16.5. The lowest BCUT2D eigenvalue weighted by molar-refractivity contribution is 0.234. The molecule has 2 amide bonds. The van der Waals surface area contributed by atoms with Crippen LogP contribution in [0.4, 0.5) is 10.5 Å². The van der Waals surface area contributed by atoms with E-state index in [1.54, 1.807) is 49.6 Å². The van der Waals surface area contributed by atoms with E-state index in [1.807, 2.05) is 6.92 Å². The molecule has 2 rings (SSSR count). The Balaban J connectivity index is 1.84. The Morgan fingerprint density at radius 2 is 1.56 bits per heavy atom. The summed E-state index contributed by atoms with van der Waals surface area (Å²) in [6, 6.07) is 11.9. The van der Waals surface area contributed by atoms with Crippen LogP contribution in [0, 0.1) is 0 Å². The molecular formula is C18H22N2O5. The average molecular weight is 346 g/mol. The van der Waals surface area contributed by atoms with Gasteiger partial charge in [-0.15, -0.1) is 0 Å². The Morgan fingerprint density at radius 3 is 2.16 bits per heavy atom. The Kier molecular flexibility index (Phi) is 6.76. The largest absolute Gasteiger partial charge is 0.497 e. The summed E-state index contributed by atoms with van der Waals surface area (Å²) >= 11 is 0. The molecular weight excluding hydrogens is 324 g/mol. The zero-order chi connectivity index (χ0) is 18.1. The number of rotatable bonds is 8. The monoisotopic (exact) mass is 346 g/mol. The van der Waals surface area contributed by atoms with Gasteiger partial charge in [0.25, 0.3) is 0 Å². The lowest BCUT2D eigenvalue weighted by atomic mass is 10.2. The zero-order valence-electron chi connectivity index (χ0n) is 14.5. The number of hydrogen-bond donors (Lipinski definition) is 2. The van der Waals surface area contributed by atoms with Gasteiger partial charge in [0.15, 0.2) is 6.73 Å². The molecule has 2 aromatic rings. The van der Waals surface area contributed by atoms with Crippen LogP contribution < -0.4 is 29.6 Å². The van der Waals surface area contributed by atoms with Crippen molar-refractivity contribution in [2.75, 3.05) is 32.9 Å². The Hall–Kier alpha value is -3.09. The van der Waals surface area contributed by atoms with Gasteiger partial charge in [0, 0.05) is 6.07 Å². The third-order valence-electron chi connectivity index (χ3n) is 3.26. The minimum absolute atomic E-state index is 0.0199. The minimum Gasteiger partial charge on any atom is -0.497 e. The highest BCUT2D eigenvalue weighted by molar-refractivity contribution is 5.91. The highest BCUT2D eigenvalue weighted by Gasteiger charge is 2.08. The SMILES string of the molecule is CCOc1ccc(OCNC(=O)Nc2cc(OC)ccc2OC)cc1. The van der Waals surface area contributed by atoms with Crippen LogP contribution in [0.3, 0.4) is 0 Å². The molecule has 0 heterocycles. The van der Waals surface area contributed by atoms with Gasteiger partial charge in [0.05, 0.1) is 26.5 Å². The first-order valence-corrected chi connectivity index (χ1v) is 7.78. The van der Waals surface area contributed by atoms with Gasteiger partial charge < -0.3 is 29.6 Å². The molecule has 0 atom stereocenters. The van der Waals surface area contributed by atoms with Crippen molar-refractivity contribution in [3.05, 3.63) is 42.5 Å². The molecule has 0 spiro atoms. The van der Waals surface area contributed by atoms with E-state index in [1.165, 1.54) is 7.11 Å². The first kappa shape index (κ1) is 18.3. The van der Waals surface area contributed by atoms with E-state index in [-0.39, 0.29) is 6.73 Å². The molecule has 0 bridgehead atoms. The maximum Gasteiger partial charge on any atom is 0.321 e. The number of amides is 2. The van der Waals surface area contributed by atoms with Gasteiger partial charge in [-0.25, -0.2) is 4.79 Å². The first-order chi connectivity index (χ1) is 12.2. The Labute approximate surface area is 146 Å². The van der Waals surface area contributed by atoms with Gasteiger partial charge in [-0.2, -0.15) is 0 Å². The summed E-state index contributed by atoms with van der Waals surface area (Å²) in [6.45, 7) is 2.55. The molecule has 0 aromatic heterocycles. The van der Waals surface area contributed by atoms with Crippen LogP contribution in [0.25, 0.3) is 0 Å². The van der Waals surface area contributed by atoms with Crippen LogP contribution in [-0.4, -0.2) is 33.6 Å². The molecule has 2 aromatic carbocycles. The number of ether oxygens (including phenoxy) is 4. The summed E-state index contributed by atoms with van der Waals surface area (Å²) in [5.74, 6) is 2.54. The summed E-state index contributed by atoms with van der Waals surface area (Å²) < 4.78 is 21.2. The summed E-state index contributed by atoms with van der Waals surface area (Å²) in [6.07, 6.45) is 0. The van der Waals surface area contributed by atoms with Crippen LogP contribution in [-0.2, 0) is 0 Å². The summed E-state index contributed by atoms with van der Waals surface area (Å²) in [5, 5.41) is 5.30. The normalized spacial score (nSPS) is 9.88. The molecule has 0 unspecified atom stereocenters. The van der Waals surface area contributed by atoms with Crippen LogP contribution in [0.5, 0.6) is 23.0 Å². The fourth-order valence-electron chi connectivity index (χ4n) is 2.06. The van der Waals surface area contributed by atoms with Crippen LogP contribution in [0.1, 0.15) is 6.92 Å². The van der Waals surface area contributed by atoms with Gasteiger partial charge in [0.2, 0.25) is 0 Å². The van der Waals surface area contributed by atoms with Gasteiger partial charge in [-0.05, 0) is 43.3 Å². The van der Waals surface area contributed by atoms with E-state index in [9.17, 15) is 4.79 Å². The fraction of sp³-hybridized carbons (Fsp3) is 0.278. The predicted molar refractivity (Wildman–Crippen MR) is 94.8 cm³/mol. The lowest BCUT2D eigenvalue weighted by Gasteiger charge is -2.13. The second-order valence-corrected chi connectivity index (χ2v) is 4.89. The van der Waals surface area contributed by atoms with Crippen LogP contribution >= 0.6 is 0 Å². The second kappa shape index (κ2) is 9.27. The van der Waals surface area contributed by atoms with Crippen LogP contribution in [0.2, 0.25) is 0 Å². The molecule has 0 radical (unpaired) electrons. The Morgan fingerprint density at radius 1 is 0.920 bits per heavy atom. The molecule has 2 N–H and O–H groups in total. The van der Waals surface area contributed by atoms with E-state index >= 15 is 0 Å². The zero-order valence-corrected chi connectivity index (χ0v) is 14.5. The van der Waals surface area contributed by atoms with E-state index in [0.717, 1.165) is 5.75 Å². The van der Waals surface area contributed by atoms with E-state index in [2.05, 4.69) is 10.6 Å². The molecule has 7 heteroatoms. The maximum absolute atomic E-state index is 12.0. The fourth-order valence-corrected chi connectivity index (χ4v) is 2.06. The lowest BCUT2D eigenvalue weighted by Crippen LogP contribution is -2.32. The molecule has 0 saturated carbocycles. The molecule has 0 saturated heterocycles. The molecule has 0 fully saturated rings. The van der Waals surface area contributed by atoms with Crippen molar-refractivity contribution in [2.45, 2.75) is 6.92 Å². The molecule has 7 nitrogen and oxygen atoms in total. The Bertz CT molecular complexity index is 688. The van der Waals surface area contributed by atoms with Gasteiger partial charge in [0.1, 0.15) is 23.0 Å². The topological polar surface area (TPSA) is 78.1 Å².